The molecule has 19 heavy (non-hydrogen) atoms. The lowest BCUT2D eigenvalue weighted by Gasteiger charge is -2.08. The van der Waals surface area contributed by atoms with Crippen LogP contribution in [0.2, 0.25) is 0 Å². The molecule has 4 nitrogen and oxygen atoms in total. The number of ether oxygens (including phenoxy) is 1. The van der Waals surface area contributed by atoms with E-state index in [1.54, 1.807) is 0 Å². The fraction of sp³-hybridized carbons (Fsp3) is 0.333. The Morgan fingerprint density at radius 1 is 1.05 bits per heavy atom. The predicted molar refractivity (Wildman–Crippen MR) is 77.0 cm³/mol. The highest BCUT2D eigenvalue weighted by atomic mass is 16.5. The third-order valence-electron chi connectivity index (χ3n) is 2.57. The number of aromatic nitrogens is 2. The third-order valence-corrected chi connectivity index (χ3v) is 2.57. The molecule has 2 aromatic rings. The number of rotatable bonds is 5. The first-order valence-corrected chi connectivity index (χ1v) is 6.49. The summed E-state index contributed by atoms with van der Waals surface area (Å²) >= 11 is 0. The fourth-order valence-corrected chi connectivity index (χ4v) is 1.77. The molecule has 4 heteroatoms. The van der Waals surface area contributed by atoms with Crippen LogP contribution in [0.5, 0.6) is 5.75 Å². The van der Waals surface area contributed by atoms with Crippen molar-refractivity contribution in [2.45, 2.75) is 27.2 Å². The van der Waals surface area contributed by atoms with Crippen molar-refractivity contribution in [3.8, 4) is 5.75 Å². The second kappa shape index (κ2) is 6.18. The maximum Gasteiger partial charge on any atom is 0.227 e. The summed E-state index contributed by atoms with van der Waals surface area (Å²) in [4.78, 5) is 8.70. The normalized spacial score (nSPS) is 10.3. The summed E-state index contributed by atoms with van der Waals surface area (Å²) in [6.07, 6.45) is 1.01. The minimum atomic E-state index is 0.625. The molecule has 0 aliphatic carbocycles. The van der Waals surface area contributed by atoms with Gasteiger partial charge in [0, 0.05) is 17.1 Å². The molecule has 1 N–H and O–H groups in total. The van der Waals surface area contributed by atoms with E-state index in [2.05, 4.69) is 22.2 Å². The van der Waals surface area contributed by atoms with E-state index in [0.717, 1.165) is 35.9 Å². The minimum Gasteiger partial charge on any atom is -0.494 e. The molecule has 100 valence electrons. The van der Waals surface area contributed by atoms with Crippen LogP contribution in [0.25, 0.3) is 0 Å². The summed E-state index contributed by atoms with van der Waals surface area (Å²) in [6, 6.07) is 9.77. The van der Waals surface area contributed by atoms with E-state index in [1.165, 1.54) is 0 Å². The average Bonchev–Trinajstić information content (AvgIpc) is 2.37. The standard InChI is InChI=1S/C15H19N3O/c1-4-9-19-14-7-5-13(6-8-14)18-15-16-11(2)10-12(3)17-15/h5-8,10H,4,9H2,1-3H3,(H,16,17,18). The van der Waals surface area contributed by atoms with Gasteiger partial charge in [0.05, 0.1) is 6.61 Å². The zero-order valence-electron chi connectivity index (χ0n) is 11.6. The summed E-state index contributed by atoms with van der Waals surface area (Å²) in [5.74, 6) is 1.51. The number of anilines is 2. The zero-order chi connectivity index (χ0) is 13.7. The van der Waals surface area contributed by atoms with Gasteiger partial charge >= 0.3 is 0 Å². The maximum absolute atomic E-state index is 5.54. The van der Waals surface area contributed by atoms with Crippen molar-refractivity contribution in [2.75, 3.05) is 11.9 Å². The highest BCUT2D eigenvalue weighted by Crippen LogP contribution is 2.18. The van der Waals surface area contributed by atoms with Crippen LogP contribution < -0.4 is 10.1 Å². The Bertz CT molecular complexity index is 517. The van der Waals surface area contributed by atoms with Crippen LogP contribution in [0.15, 0.2) is 30.3 Å². The van der Waals surface area contributed by atoms with Crippen LogP contribution in [0.1, 0.15) is 24.7 Å². The second-order valence-corrected chi connectivity index (χ2v) is 4.47. The molecule has 0 saturated heterocycles. The van der Waals surface area contributed by atoms with E-state index in [4.69, 9.17) is 4.74 Å². The fourth-order valence-electron chi connectivity index (χ4n) is 1.77. The number of nitrogens with one attached hydrogen (secondary N) is 1. The SMILES string of the molecule is CCCOc1ccc(Nc2nc(C)cc(C)n2)cc1. The Morgan fingerprint density at radius 2 is 1.68 bits per heavy atom. The Kier molecular flexibility index (Phi) is 4.34. The molecule has 1 heterocycles. The quantitative estimate of drug-likeness (QED) is 0.888. The van der Waals surface area contributed by atoms with Crippen molar-refractivity contribution in [1.82, 2.24) is 9.97 Å². The smallest absolute Gasteiger partial charge is 0.227 e. The number of aryl methyl sites for hydroxylation is 2. The molecule has 0 fully saturated rings. The second-order valence-electron chi connectivity index (χ2n) is 4.47. The van der Waals surface area contributed by atoms with Crippen molar-refractivity contribution in [3.05, 3.63) is 41.7 Å². The molecule has 0 saturated carbocycles. The van der Waals surface area contributed by atoms with E-state index in [-0.39, 0.29) is 0 Å². The van der Waals surface area contributed by atoms with Gasteiger partial charge in [0.1, 0.15) is 5.75 Å². The number of benzene rings is 1. The van der Waals surface area contributed by atoms with Gasteiger partial charge in [0.2, 0.25) is 5.95 Å². The van der Waals surface area contributed by atoms with E-state index in [9.17, 15) is 0 Å². The van der Waals surface area contributed by atoms with Crippen molar-refractivity contribution in [1.29, 1.82) is 0 Å². The molecule has 0 atom stereocenters. The molecule has 0 amide bonds. The van der Waals surface area contributed by atoms with Crippen molar-refractivity contribution in [2.24, 2.45) is 0 Å². The predicted octanol–water partition coefficient (Wildman–Crippen LogP) is 3.63. The summed E-state index contributed by atoms with van der Waals surface area (Å²) in [7, 11) is 0. The molecule has 0 aliphatic rings. The van der Waals surface area contributed by atoms with Gasteiger partial charge in [-0.15, -0.1) is 0 Å². The molecule has 2 rings (SSSR count). The third kappa shape index (κ3) is 3.95. The van der Waals surface area contributed by atoms with Crippen molar-refractivity contribution < 1.29 is 4.74 Å². The summed E-state index contributed by atoms with van der Waals surface area (Å²) in [6.45, 7) is 6.75. The van der Waals surface area contributed by atoms with Gasteiger partial charge in [-0.2, -0.15) is 0 Å². The lowest BCUT2D eigenvalue weighted by molar-refractivity contribution is 0.317. The number of nitrogens with zero attached hydrogens (tertiary/aromatic N) is 2. The average molecular weight is 257 g/mol. The van der Waals surface area contributed by atoms with Crippen LogP contribution in [0.3, 0.4) is 0 Å². The van der Waals surface area contributed by atoms with Gasteiger partial charge in [-0.25, -0.2) is 9.97 Å². The van der Waals surface area contributed by atoms with E-state index in [0.29, 0.717) is 5.95 Å². The molecular weight excluding hydrogens is 238 g/mol. The first-order valence-electron chi connectivity index (χ1n) is 6.49. The van der Waals surface area contributed by atoms with Crippen molar-refractivity contribution >= 4 is 11.6 Å². The van der Waals surface area contributed by atoms with Crippen molar-refractivity contribution in [3.63, 3.8) is 0 Å². The molecule has 1 aromatic heterocycles. The largest absolute Gasteiger partial charge is 0.494 e. The van der Waals surface area contributed by atoms with Crippen LogP contribution in [-0.2, 0) is 0 Å². The first kappa shape index (κ1) is 13.3. The van der Waals surface area contributed by atoms with E-state index < -0.39 is 0 Å². The Balaban J connectivity index is 2.06. The van der Waals surface area contributed by atoms with E-state index >= 15 is 0 Å². The molecule has 1 aromatic carbocycles. The molecular formula is C15H19N3O. The minimum absolute atomic E-state index is 0.625. The topological polar surface area (TPSA) is 47.0 Å². The first-order chi connectivity index (χ1) is 9.17. The summed E-state index contributed by atoms with van der Waals surface area (Å²) < 4.78 is 5.54. The molecule has 0 bridgehead atoms. The Hall–Kier alpha value is -2.10. The number of hydrogen-bond donors (Lipinski definition) is 1. The Labute approximate surface area is 113 Å². The molecule has 0 spiro atoms. The van der Waals surface area contributed by atoms with Crippen LogP contribution in [-0.4, -0.2) is 16.6 Å². The van der Waals surface area contributed by atoms with E-state index in [1.807, 2.05) is 44.2 Å². The lowest BCUT2D eigenvalue weighted by atomic mass is 10.3. The van der Waals surface area contributed by atoms with Gasteiger partial charge in [0.25, 0.3) is 0 Å². The van der Waals surface area contributed by atoms with Crippen LogP contribution in [0.4, 0.5) is 11.6 Å². The highest BCUT2D eigenvalue weighted by Gasteiger charge is 2.00. The van der Waals surface area contributed by atoms with Gasteiger partial charge in [-0.1, -0.05) is 6.92 Å². The van der Waals surface area contributed by atoms with Crippen LogP contribution >= 0.6 is 0 Å². The Morgan fingerprint density at radius 3 is 2.26 bits per heavy atom. The van der Waals surface area contributed by atoms with Gasteiger partial charge in [-0.3, -0.25) is 0 Å². The lowest BCUT2D eigenvalue weighted by Crippen LogP contribution is -2.00. The number of hydrogen-bond acceptors (Lipinski definition) is 4. The monoisotopic (exact) mass is 257 g/mol. The zero-order valence-corrected chi connectivity index (χ0v) is 11.6. The van der Waals surface area contributed by atoms with Gasteiger partial charge in [-0.05, 0) is 50.6 Å². The summed E-state index contributed by atoms with van der Waals surface area (Å²) in [5, 5.41) is 3.19. The molecule has 0 unspecified atom stereocenters. The summed E-state index contributed by atoms with van der Waals surface area (Å²) in [5.41, 5.74) is 2.87. The van der Waals surface area contributed by atoms with Gasteiger partial charge < -0.3 is 10.1 Å². The molecule has 0 radical (unpaired) electrons. The van der Waals surface area contributed by atoms with Gasteiger partial charge in [0.15, 0.2) is 0 Å². The molecule has 0 aliphatic heterocycles. The highest BCUT2D eigenvalue weighted by molar-refractivity contribution is 5.54. The maximum atomic E-state index is 5.54. The van der Waals surface area contributed by atoms with Crippen LogP contribution in [0, 0.1) is 13.8 Å².